The first-order valence-corrected chi connectivity index (χ1v) is 5.27. The monoisotopic (exact) mass is 193 g/mol. The third-order valence-corrected chi connectivity index (χ3v) is 3.71. The molecule has 3 unspecified atom stereocenters. The molecule has 3 atom stereocenters. The summed E-state index contributed by atoms with van der Waals surface area (Å²) in [6, 6.07) is 0.0130. The molecule has 1 heterocycles. The number of aryl methyl sites for hydroxylation is 1. The highest BCUT2D eigenvalue weighted by Crippen LogP contribution is 2.61. The summed E-state index contributed by atoms with van der Waals surface area (Å²) in [5.41, 5.74) is 6.13. The van der Waals surface area contributed by atoms with E-state index in [-0.39, 0.29) is 6.04 Å². The molecular formula is C9H15N5. The highest BCUT2D eigenvalue weighted by Gasteiger charge is 2.56. The molecule has 0 amide bonds. The number of nitrogens with zero attached hydrogens (tertiary/aromatic N) is 4. The average molecular weight is 193 g/mol. The number of fused-ring (bicyclic) bond motifs is 1. The predicted octanol–water partition coefficient (Wildman–Crippen LogP) is 0.256. The molecule has 2 aliphatic carbocycles. The van der Waals surface area contributed by atoms with E-state index in [0.717, 1.165) is 11.8 Å². The van der Waals surface area contributed by atoms with Crippen LogP contribution in [0.2, 0.25) is 0 Å². The third-order valence-electron chi connectivity index (χ3n) is 3.71. The number of hydrogen-bond donors (Lipinski definition) is 1. The largest absolute Gasteiger partial charge is 0.321 e. The fraction of sp³-hybridized carbons (Fsp3) is 0.889. The minimum absolute atomic E-state index is 0.0130. The third kappa shape index (κ3) is 1.08. The van der Waals surface area contributed by atoms with E-state index in [1.54, 1.807) is 7.05 Å². The van der Waals surface area contributed by atoms with Gasteiger partial charge in [0, 0.05) is 0 Å². The lowest BCUT2D eigenvalue weighted by Crippen LogP contribution is -2.17. The zero-order valence-corrected chi connectivity index (χ0v) is 8.30. The molecular weight excluding hydrogens is 178 g/mol. The molecule has 1 aromatic rings. The first kappa shape index (κ1) is 8.35. The first-order chi connectivity index (χ1) is 6.77. The maximum Gasteiger partial charge on any atom is 0.191 e. The van der Waals surface area contributed by atoms with Crippen LogP contribution in [0.3, 0.4) is 0 Å². The van der Waals surface area contributed by atoms with Crippen molar-refractivity contribution in [3.05, 3.63) is 5.82 Å². The highest BCUT2D eigenvalue weighted by molar-refractivity contribution is 5.09. The summed E-state index contributed by atoms with van der Waals surface area (Å²) >= 11 is 0. The van der Waals surface area contributed by atoms with Crippen LogP contribution in [0, 0.1) is 17.8 Å². The lowest BCUT2D eigenvalue weighted by molar-refractivity contribution is 0.481. The molecule has 2 fully saturated rings. The molecule has 14 heavy (non-hydrogen) atoms. The summed E-state index contributed by atoms with van der Waals surface area (Å²) < 4.78 is 0. The second kappa shape index (κ2) is 2.76. The van der Waals surface area contributed by atoms with Gasteiger partial charge in [0.15, 0.2) is 5.82 Å². The van der Waals surface area contributed by atoms with Gasteiger partial charge in [-0.05, 0) is 35.8 Å². The van der Waals surface area contributed by atoms with E-state index in [4.69, 9.17) is 5.73 Å². The molecule has 2 N–H and O–H groups in total. The molecule has 3 rings (SSSR count). The Hall–Kier alpha value is -0.970. The molecule has 0 saturated heterocycles. The van der Waals surface area contributed by atoms with Crippen molar-refractivity contribution in [3.63, 3.8) is 0 Å². The van der Waals surface area contributed by atoms with Crippen LogP contribution < -0.4 is 5.73 Å². The van der Waals surface area contributed by atoms with Crippen LogP contribution >= 0.6 is 0 Å². The second-order valence-corrected chi connectivity index (χ2v) is 4.50. The van der Waals surface area contributed by atoms with Gasteiger partial charge in [0.05, 0.1) is 13.1 Å². The number of tetrazole rings is 1. The summed E-state index contributed by atoms with van der Waals surface area (Å²) in [5.74, 6) is 3.06. The van der Waals surface area contributed by atoms with E-state index in [2.05, 4.69) is 15.4 Å². The zero-order chi connectivity index (χ0) is 9.71. The standard InChI is InChI=1S/C9H15N5/c1-14-12-9(11-13-14)8(10)7-5-3-2-4-6(5)7/h5-8H,2-4,10H2,1H3. The highest BCUT2D eigenvalue weighted by atomic mass is 15.6. The van der Waals surface area contributed by atoms with E-state index in [1.165, 1.54) is 24.1 Å². The quantitative estimate of drug-likeness (QED) is 0.731. The molecule has 2 aliphatic rings. The number of hydrogen-bond acceptors (Lipinski definition) is 4. The van der Waals surface area contributed by atoms with Gasteiger partial charge in [-0.3, -0.25) is 0 Å². The second-order valence-electron chi connectivity index (χ2n) is 4.50. The van der Waals surface area contributed by atoms with Crippen molar-refractivity contribution in [1.29, 1.82) is 0 Å². The molecule has 76 valence electrons. The topological polar surface area (TPSA) is 69.6 Å². The van der Waals surface area contributed by atoms with Gasteiger partial charge >= 0.3 is 0 Å². The lowest BCUT2D eigenvalue weighted by Gasteiger charge is -2.08. The van der Waals surface area contributed by atoms with Gasteiger partial charge in [0.2, 0.25) is 0 Å². The van der Waals surface area contributed by atoms with E-state index < -0.39 is 0 Å². The van der Waals surface area contributed by atoms with Crippen molar-refractivity contribution >= 4 is 0 Å². The Bertz CT molecular complexity index is 337. The average Bonchev–Trinajstić information content (AvgIpc) is 2.56. The summed E-state index contributed by atoms with van der Waals surface area (Å²) in [5, 5.41) is 12.0. The minimum Gasteiger partial charge on any atom is -0.321 e. The first-order valence-electron chi connectivity index (χ1n) is 5.27. The van der Waals surface area contributed by atoms with Crippen molar-refractivity contribution in [2.24, 2.45) is 30.5 Å². The van der Waals surface area contributed by atoms with Gasteiger partial charge in [-0.25, -0.2) is 0 Å². The van der Waals surface area contributed by atoms with Crippen LogP contribution in [0.5, 0.6) is 0 Å². The Morgan fingerprint density at radius 2 is 2.14 bits per heavy atom. The van der Waals surface area contributed by atoms with Gasteiger partial charge in [-0.15, -0.1) is 10.2 Å². The van der Waals surface area contributed by atoms with Gasteiger partial charge in [0.1, 0.15) is 0 Å². The van der Waals surface area contributed by atoms with Crippen molar-refractivity contribution in [2.45, 2.75) is 25.3 Å². The van der Waals surface area contributed by atoms with Crippen LogP contribution in [0.25, 0.3) is 0 Å². The summed E-state index contributed by atoms with van der Waals surface area (Å²) in [6.07, 6.45) is 4.08. The molecule has 1 aromatic heterocycles. The van der Waals surface area contributed by atoms with Crippen LogP contribution in [0.1, 0.15) is 31.1 Å². The van der Waals surface area contributed by atoms with Gasteiger partial charge in [-0.2, -0.15) is 4.80 Å². The fourth-order valence-corrected chi connectivity index (χ4v) is 3.01. The summed E-state index contributed by atoms with van der Waals surface area (Å²) in [6.45, 7) is 0. The Balaban J connectivity index is 1.75. The zero-order valence-electron chi connectivity index (χ0n) is 8.30. The Morgan fingerprint density at radius 1 is 1.43 bits per heavy atom. The maximum absolute atomic E-state index is 6.13. The lowest BCUT2D eigenvalue weighted by atomic mass is 10.0. The fourth-order valence-electron chi connectivity index (χ4n) is 3.01. The smallest absolute Gasteiger partial charge is 0.191 e. The Labute approximate surface area is 82.7 Å². The van der Waals surface area contributed by atoms with Crippen molar-refractivity contribution in [3.8, 4) is 0 Å². The molecule has 0 radical (unpaired) electrons. The summed E-state index contributed by atoms with van der Waals surface area (Å²) in [7, 11) is 1.77. The number of rotatable bonds is 2. The van der Waals surface area contributed by atoms with Gasteiger partial charge in [0.25, 0.3) is 0 Å². The molecule has 5 nitrogen and oxygen atoms in total. The molecule has 0 spiro atoms. The van der Waals surface area contributed by atoms with E-state index in [1.807, 2.05) is 0 Å². The SMILES string of the molecule is Cn1nnc(C(N)C2C3CCCC32)n1. The van der Waals surface area contributed by atoms with Crippen molar-refractivity contribution in [1.82, 2.24) is 20.2 Å². The van der Waals surface area contributed by atoms with Crippen LogP contribution in [-0.4, -0.2) is 20.2 Å². The Kier molecular flexibility index (Phi) is 1.65. The molecule has 5 heteroatoms. The van der Waals surface area contributed by atoms with E-state index in [0.29, 0.717) is 11.7 Å². The number of aromatic nitrogens is 4. The molecule has 0 bridgehead atoms. The molecule has 0 aromatic carbocycles. The summed E-state index contributed by atoms with van der Waals surface area (Å²) in [4.78, 5) is 1.48. The van der Waals surface area contributed by atoms with E-state index >= 15 is 0 Å². The molecule has 0 aliphatic heterocycles. The van der Waals surface area contributed by atoms with Gasteiger partial charge in [-0.1, -0.05) is 6.42 Å². The van der Waals surface area contributed by atoms with Crippen LogP contribution in [-0.2, 0) is 7.05 Å². The maximum atomic E-state index is 6.13. The Morgan fingerprint density at radius 3 is 2.71 bits per heavy atom. The van der Waals surface area contributed by atoms with Crippen LogP contribution in [0.15, 0.2) is 0 Å². The number of nitrogens with two attached hydrogens (primary N) is 1. The van der Waals surface area contributed by atoms with E-state index in [9.17, 15) is 0 Å². The normalized spacial score (nSPS) is 36.9. The van der Waals surface area contributed by atoms with Crippen LogP contribution in [0.4, 0.5) is 0 Å². The van der Waals surface area contributed by atoms with Crippen molar-refractivity contribution < 1.29 is 0 Å². The molecule has 2 saturated carbocycles. The van der Waals surface area contributed by atoms with Gasteiger partial charge < -0.3 is 5.73 Å². The predicted molar refractivity (Wildman–Crippen MR) is 50.0 cm³/mol. The van der Waals surface area contributed by atoms with Crippen molar-refractivity contribution in [2.75, 3.05) is 0 Å². The minimum atomic E-state index is 0.0130.